The van der Waals surface area contributed by atoms with E-state index in [9.17, 15) is 0 Å². The summed E-state index contributed by atoms with van der Waals surface area (Å²) in [5, 5.41) is 0. The van der Waals surface area contributed by atoms with Gasteiger partial charge in [-0.1, -0.05) is 0 Å². The first-order valence-electron chi connectivity index (χ1n) is 12.1. The number of hydrogen-bond donors (Lipinski definition) is 0. The van der Waals surface area contributed by atoms with E-state index in [-0.39, 0.29) is 5.60 Å². The Morgan fingerprint density at radius 3 is 2.14 bits per heavy atom. The Kier molecular flexibility index (Phi) is 6.89. The largest absolute Gasteiger partial charge is 0.372 e. The number of morpholine rings is 1. The Bertz CT molecular complexity index is 527. The number of piperidine rings is 2. The highest BCUT2D eigenvalue weighted by Crippen LogP contribution is 2.33. The van der Waals surface area contributed by atoms with Crippen LogP contribution in [0.15, 0.2) is 0 Å². The normalized spacial score (nSPS) is 31.4. The van der Waals surface area contributed by atoms with E-state index in [0.717, 1.165) is 19.7 Å². The smallest absolute Gasteiger partial charge is 0.0833 e. The number of ether oxygens (including phenoxy) is 1. The summed E-state index contributed by atoms with van der Waals surface area (Å²) in [6.07, 6.45) is 6.33. The first kappa shape index (κ1) is 22.0. The highest BCUT2D eigenvalue weighted by molar-refractivity contribution is 4.99. The first-order valence-corrected chi connectivity index (χ1v) is 12.1. The summed E-state index contributed by atoms with van der Waals surface area (Å²) in [4.78, 5) is 13.1. The first-order chi connectivity index (χ1) is 13.9. The van der Waals surface area contributed by atoms with Crippen molar-refractivity contribution in [2.75, 3.05) is 93.2 Å². The molecule has 6 nitrogen and oxygen atoms in total. The molecule has 1 unspecified atom stereocenters. The van der Waals surface area contributed by atoms with Gasteiger partial charge in [0.1, 0.15) is 0 Å². The fourth-order valence-electron chi connectivity index (χ4n) is 6.04. The molecule has 6 heteroatoms. The lowest BCUT2D eigenvalue weighted by atomic mass is 9.84. The molecule has 4 heterocycles. The molecule has 0 aromatic rings. The highest BCUT2D eigenvalue weighted by atomic mass is 16.5. The maximum Gasteiger partial charge on any atom is 0.0833 e. The quantitative estimate of drug-likeness (QED) is 0.696. The maximum absolute atomic E-state index is 6.34. The highest BCUT2D eigenvalue weighted by Gasteiger charge is 2.42. The molecule has 4 rings (SSSR count). The Morgan fingerprint density at radius 2 is 1.45 bits per heavy atom. The Balaban J connectivity index is 1.27. The van der Waals surface area contributed by atoms with Crippen molar-refractivity contribution in [1.82, 2.24) is 24.5 Å². The maximum atomic E-state index is 6.34. The average molecular weight is 408 g/mol. The second-order valence-corrected chi connectivity index (χ2v) is 10.7. The van der Waals surface area contributed by atoms with Crippen molar-refractivity contribution in [1.29, 1.82) is 0 Å². The monoisotopic (exact) mass is 407 g/mol. The fourth-order valence-corrected chi connectivity index (χ4v) is 6.04. The van der Waals surface area contributed by atoms with Crippen LogP contribution in [0.3, 0.4) is 0 Å². The minimum atomic E-state index is 0.130. The van der Waals surface area contributed by atoms with Gasteiger partial charge >= 0.3 is 0 Å². The van der Waals surface area contributed by atoms with Crippen molar-refractivity contribution in [3.63, 3.8) is 0 Å². The Morgan fingerprint density at radius 1 is 0.793 bits per heavy atom. The number of likely N-dealkylation sites (N-methyl/N-ethyl adjacent to an activating group) is 1. The van der Waals surface area contributed by atoms with Gasteiger partial charge in [-0.3, -0.25) is 9.80 Å². The van der Waals surface area contributed by atoms with Crippen LogP contribution in [-0.2, 0) is 4.74 Å². The number of nitrogens with zero attached hydrogens (tertiary/aromatic N) is 5. The van der Waals surface area contributed by atoms with Crippen LogP contribution in [0.2, 0.25) is 0 Å². The summed E-state index contributed by atoms with van der Waals surface area (Å²) in [5.41, 5.74) is 0.552. The molecule has 0 saturated carbocycles. The molecule has 0 aromatic carbocycles. The van der Waals surface area contributed by atoms with E-state index >= 15 is 0 Å². The van der Waals surface area contributed by atoms with Gasteiger partial charge in [-0.2, -0.15) is 0 Å². The van der Waals surface area contributed by atoms with Crippen molar-refractivity contribution < 1.29 is 4.74 Å². The molecular formula is C23H45N5O. The predicted octanol–water partition coefficient (Wildman–Crippen LogP) is 1.27. The summed E-state index contributed by atoms with van der Waals surface area (Å²) >= 11 is 0. The zero-order valence-electron chi connectivity index (χ0n) is 19.5. The van der Waals surface area contributed by atoms with E-state index in [1.165, 1.54) is 84.5 Å². The van der Waals surface area contributed by atoms with Gasteiger partial charge < -0.3 is 19.4 Å². The van der Waals surface area contributed by atoms with Crippen LogP contribution >= 0.6 is 0 Å². The van der Waals surface area contributed by atoms with E-state index in [1.54, 1.807) is 0 Å². The van der Waals surface area contributed by atoms with Gasteiger partial charge in [-0.25, -0.2) is 0 Å². The molecule has 168 valence electrons. The predicted molar refractivity (Wildman–Crippen MR) is 120 cm³/mol. The SMILES string of the molecule is CC(CCN1CCN(C)C2(CCN(C)CC2)C1)N1CCOC2(CCN(C)CC2)C1. The van der Waals surface area contributed by atoms with Gasteiger partial charge in [-0.15, -0.1) is 0 Å². The van der Waals surface area contributed by atoms with Crippen LogP contribution in [0.5, 0.6) is 0 Å². The summed E-state index contributed by atoms with van der Waals surface area (Å²) in [6.45, 7) is 15.5. The summed E-state index contributed by atoms with van der Waals surface area (Å²) in [6, 6.07) is 0.656. The van der Waals surface area contributed by atoms with E-state index in [1.807, 2.05) is 0 Å². The van der Waals surface area contributed by atoms with Crippen LogP contribution in [-0.4, -0.2) is 135 Å². The lowest BCUT2D eigenvalue weighted by Crippen LogP contribution is -2.64. The van der Waals surface area contributed by atoms with Gasteiger partial charge in [-0.05, 0) is 79.8 Å². The Labute approximate surface area is 179 Å². The molecule has 4 aliphatic heterocycles. The molecule has 29 heavy (non-hydrogen) atoms. The number of piperazine rings is 1. The van der Waals surface area contributed by atoms with Crippen molar-refractivity contribution in [3.8, 4) is 0 Å². The molecule has 0 radical (unpaired) electrons. The van der Waals surface area contributed by atoms with E-state index < -0.39 is 0 Å². The minimum Gasteiger partial charge on any atom is -0.372 e. The zero-order chi connectivity index (χ0) is 20.5. The van der Waals surface area contributed by atoms with Crippen LogP contribution in [0.1, 0.15) is 39.0 Å². The van der Waals surface area contributed by atoms with Gasteiger partial charge in [0.25, 0.3) is 0 Å². The third-order valence-corrected chi connectivity index (χ3v) is 8.66. The van der Waals surface area contributed by atoms with E-state index in [0.29, 0.717) is 11.6 Å². The summed E-state index contributed by atoms with van der Waals surface area (Å²) in [5.74, 6) is 0. The van der Waals surface area contributed by atoms with Gasteiger partial charge in [0, 0.05) is 57.4 Å². The second-order valence-electron chi connectivity index (χ2n) is 10.7. The van der Waals surface area contributed by atoms with Crippen LogP contribution in [0, 0.1) is 0 Å². The van der Waals surface area contributed by atoms with Gasteiger partial charge in [0.05, 0.1) is 12.2 Å². The number of likely N-dealkylation sites (tertiary alicyclic amines) is 2. The molecule has 2 spiro atoms. The molecule has 0 amide bonds. The molecule has 4 aliphatic rings. The summed E-state index contributed by atoms with van der Waals surface area (Å²) in [7, 11) is 6.87. The molecule has 0 bridgehead atoms. The molecule has 4 saturated heterocycles. The standard InChI is InChI=1S/C23H45N5O/c1-21(28-17-18-29-23(20-28)8-13-25(3)14-9-23)5-10-27-16-15-26(4)22(19-27)6-11-24(2)12-7-22/h21H,5-20H2,1-4H3. The van der Waals surface area contributed by atoms with E-state index in [2.05, 4.69) is 52.6 Å². The zero-order valence-corrected chi connectivity index (χ0v) is 19.5. The molecule has 0 aliphatic carbocycles. The minimum absolute atomic E-state index is 0.130. The molecule has 4 fully saturated rings. The topological polar surface area (TPSA) is 25.4 Å². The molecule has 0 aromatic heterocycles. The van der Waals surface area contributed by atoms with Gasteiger partial charge in [0.2, 0.25) is 0 Å². The van der Waals surface area contributed by atoms with Crippen LogP contribution < -0.4 is 0 Å². The van der Waals surface area contributed by atoms with Crippen LogP contribution in [0.25, 0.3) is 0 Å². The number of rotatable bonds is 4. The van der Waals surface area contributed by atoms with Crippen molar-refractivity contribution >= 4 is 0 Å². The molecule has 0 N–H and O–H groups in total. The summed E-state index contributed by atoms with van der Waals surface area (Å²) < 4.78 is 6.34. The van der Waals surface area contributed by atoms with Crippen molar-refractivity contribution in [2.24, 2.45) is 0 Å². The van der Waals surface area contributed by atoms with Crippen molar-refractivity contribution in [2.45, 2.75) is 56.2 Å². The Hall–Kier alpha value is -0.240. The van der Waals surface area contributed by atoms with Crippen LogP contribution in [0.4, 0.5) is 0 Å². The fraction of sp³-hybridized carbons (Fsp3) is 1.00. The lowest BCUT2D eigenvalue weighted by molar-refractivity contribution is -0.141. The number of hydrogen-bond acceptors (Lipinski definition) is 6. The van der Waals surface area contributed by atoms with E-state index in [4.69, 9.17) is 4.74 Å². The van der Waals surface area contributed by atoms with Crippen molar-refractivity contribution in [3.05, 3.63) is 0 Å². The lowest BCUT2D eigenvalue weighted by Gasteiger charge is -2.53. The molecule has 1 atom stereocenters. The third-order valence-electron chi connectivity index (χ3n) is 8.66. The van der Waals surface area contributed by atoms with Gasteiger partial charge in [0.15, 0.2) is 0 Å². The average Bonchev–Trinajstić information content (AvgIpc) is 2.73. The second kappa shape index (κ2) is 9.09. The molecular weight excluding hydrogens is 362 g/mol. The third kappa shape index (κ3) is 4.99.